The maximum atomic E-state index is 12.2. The number of carbonyl (C=O) groups is 1. The van der Waals surface area contributed by atoms with Gasteiger partial charge in [-0.3, -0.25) is 4.79 Å². The normalized spacial score (nSPS) is 15.3. The van der Waals surface area contributed by atoms with Gasteiger partial charge in [-0.1, -0.05) is 24.3 Å². The van der Waals surface area contributed by atoms with E-state index in [0.29, 0.717) is 32.8 Å². The van der Waals surface area contributed by atoms with Crippen molar-refractivity contribution >= 4 is 5.91 Å². The molecule has 0 saturated carbocycles. The van der Waals surface area contributed by atoms with Gasteiger partial charge in [-0.25, -0.2) is 0 Å². The number of nitrogens with zero attached hydrogens (tertiary/aromatic N) is 2. The molecule has 1 N–H and O–H groups in total. The molecule has 1 aliphatic heterocycles. The monoisotopic (exact) mass is 299 g/mol. The largest absolute Gasteiger partial charge is 0.389 e. The van der Waals surface area contributed by atoms with E-state index < -0.39 is 0 Å². The van der Waals surface area contributed by atoms with Crippen molar-refractivity contribution in [2.45, 2.75) is 13.3 Å². The van der Waals surface area contributed by atoms with E-state index >= 15 is 0 Å². The van der Waals surface area contributed by atoms with Gasteiger partial charge < -0.3 is 15.0 Å². The third-order valence-electron chi connectivity index (χ3n) is 3.70. The van der Waals surface area contributed by atoms with Crippen molar-refractivity contribution in [3.8, 4) is 6.07 Å². The van der Waals surface area contributed by atoms with Gasteiger partial charge in [0, 0.05) is 25.8 Å². The highest BCUT2D eigenvalue weighted by Crippen LogP contribution is 2.07. The second kappa shape index (κ2) is 8.20. The predicted octanol–water partition coefficient (Wildman–Crippen LogP) is 1.39. The van der Waals surface area contributed by atoms with E-state index in [-0.39, 0.29) is 11.5 Å². The molecule has 1 aromatic rings. The number of hydrogen-bond acceptors (Lipinski definition) is 4. The second-order valence-corrected chi connectivity index (χ2v) is 5.20. The maximum absolute atomic E-state index is 12.2. The smallest absolute Gasteiger partial charge is 0.266 e. The summed E-state index contributed by atoms with van der Waals surface area (Å²) in [4.78, 5) is 13.8. The minimum absolute atomic E-state index is 0.145. The topological polar surface area (TPSA) is 65.4 Å². The molecule has 1 saturated heterocycles. The van der Waals surface area contributed by atoms with Crippen LogP contribution < -0.4 is 5.32 Å². The van der Waals surface area contributed by atoms with Gasteiger partial charge in [-0.15, -0.1) is 0 Å². The molecule has 1 heterocycles. The average Bonchev–Trinajstić information content (AvgIpc) is 2.57. The molecule has 0 aliphatic carbocycles. The van der Waals surface area contributed by atoms with Crippen molar-refractivity contribution in [2.75, 3.05) is 32.8 Å². The Morgan fingerprint density at radius 3 is 2.82 bits per heavy atom. The minimum Gasteiger partial charge on any atom is -0.389 e. The number of hydrogen-bond donors (Lipinski definition) is 1. The van der Waals surface area contributed by atoms with Crippen LogP contribution in [0.5, 0.6) is 0 Å². The van der Waals surface area contributed by atoms with Gasteiger partial charge in [0.2, 0.25) is 0 Å². The van der Waals surface area contributed by atoms with Crippen LogP contribution in [0.3, 0.4) is 0 Å². The van der Waals surface area contributed by atoms with Crippen LogP contribution in [0.1, 0.15) is 11.1 Å². The van der Waals surface area contributed by atoms with Crippen LogP contribution in [0.25, 0.3) is 0 Å². The van der Waals surface area contributed by atoms with Gasteiger partial charge >= 0.3 is 0 Å². The number of aryl methyl sites for hydroxylation is 1. The van der Waals surface area contributed by atoms with Gasteiger partial charge in [-0.05, 0) is 24.5 Å². The molecule has 0 aromatic heterocycles. The maximum Gasteiger partial charge on any atom is 0.266 e. The quantitative estimate of drug-likeness (QED) is 0.507. The molecule has 5 heteroatoms. The van der Waals surface area contributed by atoms with Gasteiger partial charge in [0.15, 0.2) is 0 Å². The zero-order valence-corrected chi connectivity index (χ0v) is 12.8. The molecule has 2 rings (SSSR count). The summed E-state index contributed by atoms with van der Waals surface area (Å²) >= 11 is 0. The van der Waals surface area contributed by atoms with Crippen molar-refractivity contribution in [1.82, 2.24) is 10.2 Å². The molecule has 0 spiro atoms. The Kier molecular flexibility index (Phi) is 5.99. The third kappa shape index (κ3) is 4.34. The summed E-state index contributed by atoms with van der Waals surface area (Å²) in [6.45, 7) is 4.92. The molecule has 116 valence electrons. The van der Waals surface area contributed by atoms with E-state index in [1.54, 1.807) is 4.90 Å². The highest BCUT2D eigenvalue weighted by Gasteiger charge is 2.20. The molecule has 0 unspecified atom stereocenters. The summed E-state index contributed by atoms with van der Waals surface area (Å²) in [5.41, 5.74) is 2.66. The lowest BCUT2D eigenvalue weighted by Crippen LogP contribution is -2.41. The summed E-state index contributed by atoms with van der Waals surface area (Å²) < 4.78 is 5.21. The lowest BCUT2D eigenvalue weighted by molar-refractivity contribution is -0.130. The Morgan fingerprint density at radius 2 is 2.14 bits per heavy atom. The number of morpholine rings is 1. The summed E-state index contributed by atoms with van der Waals surface area (Å²) in [5.74, 6) is -0.228. The van der Waals surface area contributed by atoms with Crippen molar-refractivity contribution in [3.63, 3.8) is 0 Å². The number of nitriles is 1. The standard InChI is InChI=1S/C17H21N3O2/c1-14-4-2-3-5-15(14)6-7-19-13-16(12-18)17(21)20-8-10-22-11-9-20/h2-5,13,19H,6-11H2,1H3/b16-13-. The van der Waals surface area contributed by atoms with Crippen LogP contribution in [0.4, 0.5) is 0 Å². The average molecular weight is 299 g/mol. The van der Waals surface area contributed by atoms with E-state index in [1.165, 1.54) is 17.3 Å². The van der Waals surface area contributed by atoms with E-state index in [0.717, 1.165) is 6.42 Å². The van der Waals surface area contributed by atoms with Crippen LogP contribution in [0.2, 0.25) is 0 Å². The van der Waals surface area contributed by atoms with Gasteiger partial charge in [0.25, 0.3) is 5.91 Å². The first-order chi connectivity index (χ1) is 10.7. The number of carbonyl (C=O) groups excluding carboxylic acids is 1. The molecule has 1 aliphatic rings. The first-order valence-corrected chi connectivity index (χ1v) is 7.47. The Balaban J connectivity index is 1.86. The molecular formula is C17H21N3O2. The first-order valence-electron chi connectivity index (χ1n) is 7.47. The van der Waals surface area contributed by atoms with Crippen LogP contribution in [0, 0.1) is 18.3 Å². The molecule has 5 nitrogen and oxygen atoms in total. The molecule has 0 radical (unpaired) electrons. The summed E-state index contributed by atoms with van der Waals surface area (Å²) in [6.07, 6.45) is 2.38. The zero-order valence-electron chi connectivity index (χ0n) is 12.8. The van der Waals surface area contributed by atoms with E-state index in [4.69, 9.17) is 10.00 Å². The van der Waals surface area contributed by atoms with E-state index in [1.807, 2.05) is 18.2 Å². The van der Waals surface area contributed by atoms with Gasteiger partial charge in [0.05, 0.1) is 13.2 Å². The summed E-state index contributed by atoms with van der Waals surface area (Å²) in [7, 11) is 0. The molecule has 1 amide bonds. The van der Waals surface area contributed by atoms with Crippen LogP contribution in [0.15, 0.2) is 36.0 Å². The molecule has 22 heavy (non-hydrogen) atoms. The number of benzene rings is 1. The fraction of sp³-hybridized carbons (Fsp3) is 0.412. The molecule has 1 aromatic carbocycles. The molecule has 0 bridgehead atoms. The van der Waals surface area contributed by atoms with Crippen molar-refractivity contribution in [1.29, 1.82) is 5.26 Å². The second-order valence-electron chi connectivity index (χ2n) is 5.20. The Bertz CT molecular complexity index is 584. The Labute approximate surface area is 131 Å². The lowest BCUT2D eigenvalue weighted by atomic mass is 10.1. The number of rotatable bonds is 5. The fourth-order valence-corrected chi connectivity index (χ4v) is 2.35. The Morgan fingerprint density at radius 1 is 1.41 bits per heavy atom. The van der Waals surface area contributed by atoms with Crippen LogP contribution in [-0.4, -0.2) is 43.7 Å². The zero-order chi connectivity index (χ0) is 15.8. The summed E-state index contributed by atoms with van der Waals surface area (Å²) in [5, 5.41) is 12.2. The SMILES string of the molecule is Cc1ccccc1CCN/C=C(/C#N)C(=O)N1CCOCC1. The fourth-order valence-electron chi connectivity index (χ4n) is 2.35. The predicted molar refractivity (Wildman–Crippen MR) is 84.0 cm³/mol. The Hall–Kier alpha value is -2.32. The van der Waals surface area contributed by atoms with Gasteiger partial charge in [-0.2, -0.15) is 5.26 Å². The molecular weight excluding hydrogens is 278 g/mol. The van der Waals surface area contributed by atoms with E-state index in [2.05, 4.69) is 24.4 Å². The highest BCUT2D eigenvalue weighted by atomic mass is 16.5. The number of nitrogens with one attached hydrogen (secondary N) is 1. The number of ether oxygens (including phenoxy) is 1. The van der Waals surface area contributed by atoms with Gasteiger partial charge in [0.1, 0.15) is 11.6 Å². The first kappa shape index (κ1) is 16.1. The van der Waals surface area contributed by atoms with E-state index in [9.17, 15) is 4.79 Å². The van der Waals surface area contributed by atoms with Crippen LogP contribution in [-0.2, 0) is 16.0 Å². The van der Waals surface area contributed by atoms with Crippen molar-refractivity contribution in [3.05, 3.63) is 47.2 Å². The van der Waals surface area contributed by atoms with Crippen molar-refractivity contribution in [2.24, 2.45) is 0 Å². The lowest BCUT2D eigenvalue weighted by Gasteiger charge is -2.26. The molecule has 0 atom stereocenters. The molecule has 1 fully saturated rings. The third-order valence-corrected chi connectivity index (χ3v) is 3.70. The highest BCUT2D eigenvalue weighted by molar-refractivity contribution is 5.97. The van der Waals surface area contributed by atoms with Crippen LogP contribution >= 0.6 is 0 Å². The van der Waals surface area contributed by atoms with Crippen molar-refractivity contribution < 1.29 is 9.53 Å². The summed E-state index contributed by atoms with van der Waals surface area (Å²) in [6, 6.07) is 10.2. The minimum atomic E-state index is -0.228. The number of amides is 1.